The van der Waals surface area contributed by atoms with E-state index in [0.717, 1.165) is 5.56 Å². The van der Waals surface area contributed by atoms with E-state index in [1.807, 2.05) is 0 Å². The Kier molecular flexibility index (Phi) is 5.31. The van der Waals surface area contributed by atoms with E-state index in [1.165, 1.54) is 4.90 Å². The highest BCUT2D eigenvalue weighted by Gasteiger charge is 2.36. The van der Waals surface area contributed by atoms with Crippen molar-refractivity contribution in [2.75, 3.05) is 6.54 Å². The van der Waals surface area contributed by atoms with Gasteiger partial charge in [0.1, 0.15) is 0 Å². The van der Waals surface area contributed by atoms with Crippen LogP contribution in [0.3, 0.4) is 0 Å². The Bertz CT molecular complexity index is 376. The SMILES string of the molecule is CC(N)C(c1ccncc1)N(CC(F)(F)F)C(C)C. The van der Waals surface area contributed by atoms with Crippen molar-refractivity contribution in [3.63, 3.8) is 0 Å². The Morgan fingerprint density at radius 3 is 2.11 bits per heavy atom. The molecule has 0 radical (unpaired) electrons. The Morgan fingerprint density at radius 2 is 1.74 bits per heavy atom. The molecule has 1 aromatic heterocycles. The zero-order valence-electron chi connectivity index (χ0n) is 11.4. The molecule has 0 aliphatic carbocycles. The van der Waals surface area contributed by atoms with Gasteiger partial charge in [-0.1, -0.05) is 0 Å². The van der Waals surface area contributed by atoms with Crippen LogP contribution in [0.2, 0.25) is 0 Å². The van der Waals surface area contributed by atoms with Crippen molar-refractivity contribution in [2.24, 2.45) is 5.73 Å². The van der Waals surface area contributed by atoms with Crippen LogP contribution in [0.4, 0.5) is 13.2 Å². The van der Waals surface area contributed by atoms with Crippen LogP contribution in [0, 0.1) is 0 Å². The average Bonchev–Trinajstić information content (AvgIpc) is 2.27. The van der Waals surface area contributed by atoms with Crippen molar-refractivity contribution < 1.29 is 13.2 Å². The fourth-order valence-corrected chi connectivity index (χ4v) is 2.17. The maximum absolute atomic E-state index is 12.7. The number of nitrogens with two attached hydrogens (primary N) is 1. The molecule has 6 heteroatoms. The summed E-state index contributed by atoms with van der Waals surface area (Å²) < 4.78 is 38.1. The monoisotopic (exact) mass is 275 g/mol. The van der Waals surface area contributed by atoms with Gasteiger partial charge in [-0.05, 0) is 38.5 Å². The molecular weight excluding hydrogens is 255 g/mol. The molecule has 0 spiro atoms. The van der Waals surface area contributed by atoms with Gasteiger partial charge in [0.15, 0.2) is 0 Å². The lowest BCUT2D eigenvalue weighted by molar-refractivity contribution is -0.156. The first-order valence-corrected chi connectivity index (χ1v) is 6.20. The molecule has 1 rings (SSSR count). The Hall–Kier alpha value is -1.14. The second-order valence-electron chi connectivity index (χ2n) is 4.97. The number of nitrogens with zero attached hydrogens (tertiary/aromatic N) is 2. The van der Waals surface area contributed by atoms with Crippen molar-refractivity contribution in [1.29, 1.82) is 0 Å². The van der Waals surface area contributed by atoms with E-state index in [2.05, 4.69) is 4.98 Å². The summed E-state index contributed by atoms with van der Waals surface area (Å²) in [6, 6.07) is 2.27. The molecule has 3 nitrogen and oxygen atoms in total. The topological polar surface area (TPSA) is 42.1 Å². The number of halogens is 3. The number of aromatic nitrogens is 1. The molecule has 0 aromatic carbocycles. The standard InChI is InChI=1S/C13H20F3N3/c1-9(2)19(8-13(14,15)16)12(10(3)17)11-4-6-18-7-5-11/h4-7,9-10,12H,8,17H2,1-3H3. The third-order valence-corrected chi connectivity index (χ3v) is 2.93. The number of pyridine rings is 1. The lowest BCUT2D eigenvalue weighted by atomic mass is 9.99. The highest BCUT2D eigenvalue weighted by molar-refractivity contribution is 5.17. The van der Waals surface area contributed by atoms with Gasteiger partial charge in [0.2, 0.25) is 0 Å². The third kappa shape index (κ3) is 4.80. The van der Waals surface area contributed by atoms with E-state index in [0.29, 0.717) is 0 Å². The van der Waals surface area contributed by atoms with Crippen molar-refractivity contribution in [3.05, 3.63) is 30.1 Å². The van der Waals surface area contributed by atoms with E-state index in [4.69, 9.17) is 5.73 Å². The van der Waals surface area contributed by atoms with Gasteiger partial charge >= 0.3 is 6.18 Å². The molecule has 0 amide bonds. The summed E-state index contributed by atoms with van der Waals surface area (Å²) in [6.45, 7) is 4.22. The molecule has 0 aliphatic heterocycles. The van der Waals surface area contributed by atoms with Gasteiger partial charge in [0.05, 0.1) is 12.6 Å². The van der Waals surface area contributed by atoms with Crippen molar-refractivity contribution in [3.8, 4) is 0 Å². The molecule has 0 saturated carbocycles. The minimum atomic E-state index is -4.25. The van der Waals surface area contributed by atoms with Crippen LogP contribution < -0.4 is 5.73 Å². The molecular formula is C13H20F3N3. The van der Waals surface area contributed by atoms with Crippen LogP contribution in [-0.4, -0.2) is 34.7 Å². The molecule has 1 aromatic rings. The van der Waals surface area contributed by atoms with E-state index >= 15 is 0 Å². The average molecular weight is 275 g/mol. The smallest absolute Gasteiger partial charge is 0.326 e. The molecule has 0 bridgehead atoms. The number of hydrogen-bond acceptors (Lipinski definition) is 3. The van der Waals surface area contributed by atoms with Crippen LogP contribution in [0.25, 0.3) is 0 Å². The summed E-state index contributed by atoms with van der Waals surface area (Å²) >= 11 is 0. The minimum absolute atomic E-state index is 0.259. The first kappa shape index (κ1) is 15.9. The van der Waals surface area contributed by atoms with Gasteiger partial charge in [0, 0.05) is 24.5 Å². The molecule has 2 unspecified atom stereocenters. The van der Waals surface area contributed by atoms with E-state index in [9.17, 15) is 13.2 Å². The summed E-state index contributed by atoms with van der Waals surface area (Å²) in [5, 5.41) is 0. The fourth-order valence-electron chi connectivity index (χ4n) is 2.17. The van der Waals surface area contributed by atoms with E-state index in [1.54, 1.807) is 45.3 Å². The van der Waals surface area contributed by atoms with Crippen LogP contribution >= 0.6 is 0 Å². The molecule has 2 atom stereocenters. The van der Waals surface area contributed by atoms with E-state index < -0.39 is 24.8 Å². The molecule has 19 heavy (non-hydrogen) atoms. The van der Waals surface area contributed by atoms with E-state index in [-0.39, 0.29) is 6.04 Å². The number of hydrogen-bond donors (Lipinski definition) is 1. The first-order valence-electron chi connectivity index (χ1n) is 6.20. The Balaban J connectivity index is 3.07. The normalized spacial score (nSPS) is 15.8. The highest BCUT2D eigenvalue weighted by Crippen LogP contribution is 2.29. The van der Waals surface area contributed by atoms with Crippen LogP contribution in [0.1, 0.15) is 32.4 Å². The first-order chi connectivity index (χ1) is 8.72. The molecule has 108 valence electrons. The zero-order chi connectivity index (χ0) is 14.6. The molecule has 1 heterocycles. The predicted molar refractivity (Wildman–Crippen MR) is 68.5 cm³/mol. The summed E-state index contributed by atoms with van der Waals surface area (Å²) in [5.41, 5.74) is 6.65. The van der Waals surface area contributed by atoms with Gasteiger partial charge in [-0.3, -0.25) is 9.88 Å². The maximum atomic E-state index is 12.7. The van der Waals surface area contributed by atoms with Gasteiger partial charge < -0.3 is 5.73 Å². The highest BCUT2D eigenvalue weighted by atomic mass is 19.4. The van der Waals surface area contributed by atoms with Crippen LogP contribution in [-0.2, 0) is 0 Å². The third-order valence-electron chi connectivity index (χ3n) is 2.93. The van der Waals surface area contributed by atoms with Crippen LogP contribution in [0.5, 0.6) is 0 Å². The second kappa shape index (κ2) is 6.34. The van der Waals surface area contributed by atoms with Crippen molar-refractivity contribution >= 4 is 0 Å². The summed E-state index contributed by atoms with van der Waals surface area (Å²) in [4.78, 5) is 5.26. The Labute approximate surface area is 111 Å². The lowest BCUT2D eigenvalue weighted by Crippen LogP contribution is -2.47. The van der Waals surface area contributed by atoms with Crippen molar-refractivity contribution in [1.82, 2.24) is 9.88 Å². The largest absolute Gasteiger partial charge is 0.401 e. The predicted octanol–water partition coefficient (Wildman–Crippen LogP) is 2.74. The quantitative estimate of drug-likeness (QED) is 0.898. The number of rotatable bonds is 5. The molecule has 0 aliphatic rings. The van der Waals surface area contributed by atoms with Crippen LogP contribution in [0.15, 0.2) is 24.5 Å². The van der Waals surface area contributed by atoms with Gasteiger partial charge in [0.25, 0.3) is 0 Å². The second-order valence-corrected chi connectivity index (χ2v) is 4.97. The van der Waals surface area contributed by atoms with Crippen molar-refractivity contribution in [2.45, 2.75) is 45.1 Å². The maximum Gasteiger partial charge on any atom is 0.401 e. The Morgan fingerprint density at radius 1 is 1.21 bits per heavy atom. The number of alkyl halides is 3. The minimum Gasteiger partial charge on any atom is -0.326 e. The molecule has 2 N–H and O–H groups in total. The summed E-state index contributed by atoms with van der Waals surface area (Å²) in [7, 11) is 0. The molecule has 0 fully saturated rings. The van der Waals surface area contributed by atoms with Gasteiger partial charge in [-0.2, -0.15) is 13.2 Å². The summed E-state index contributed by atoms with van der Waals surface area (Å²) in [6.07, 6.45) is -1.11. The summed E-state index contributed by atoms with van der Waals surface area (Å²) in [5.74, 6) is 0. The zero-order valence-corrected chi connectivity index (χ0v) is 11.4. The molecule has 0 saturated heterocycles. The fraction of sp³-hybridized carbons (Fsp3) is 0.615. The lowest BCUT2D eigenvalue weighted by Gasteiger charge is -2.37. The van der Waals surface area contributed by atoms with Gasteiger partial charge in [-0.15, -0.1) is 0 Å². The van der Waals surface area contributed by atoms with Gasteiger partial charge in [-0.25, -0.2) is 0 Å².